The van der Waals surface area contributed by atoms with Crippen molar-refractivity contribution in [3.05, 3.63) is 0 Å². The summed E-state index contributed by atoms with van der Waals surface area (Å²) in [5, 5.41) is 8.65. The van der Waals surface area contributed by atoms with Crippen LogP contribution in [0.5, 0.6) is 0 Å². The maximum Gasteiger partial charge on any atom is 0.221 e. The summed E-state index contributed by atoms with van der Waals surface area (Å²) in [6.45, 7) is 7.52. The minimum atomic E-state index is -0.539. The first-order valence-electron chi connectivity index (χ1n) is 10.9. The van der Waals surface area contributed by atoms with Crippen molar-refractivity contribution in [3.8, 4) is 0 Å². The number of carbonyl (C=O) groups is 4. The maximum atomic E-state index is 11.9. The summed E-state index contributed by atoms with van der Waals surface area (Å²) >= 11 is 0. The number of nitrogens with one attached hydrogen (secondary N) is 3. The standard InChI is InChI=1S/C22H41N3O4/c1-22(2,3)16-19(27)12-13-21(29)25-18(17-26)10-7-9-15-24-20(28)11-6-5-8-14-23-4/h17-18,23H,5-16H2,1-4H3,(H,24,28)(H,25,29). The molecular weight excluding hydrogens is 370 g/mol. The zero-order valence-electron chi connectivity index (χ0n) is 18.8. The maximum absolute atomic E-state index is 11.9. The van der Waals surface area contributed by atoms with E-state index in [9.17, 15) is 19.2 Å². The second kappa shape index (κ2) is 16.1. The molecule has 0 radical (unpaired) electrons. The van der Waals surface area contributed by atoms with Gasteiger partial charge in [-0.25, -0.2) is 0 Å². The average Bonchev–Trinajstić information content (AvgIpc) is 2.63. The first-order valence-corrected chi connectivity index (χ1v) is 10.9. The molecule has 0 aromatic carbocycles. The normalized spacial score (nSPS) is 12.3. The fraction of sp³-hybridized carbons (Fsp3) is 0.818. The van der Waals surface area contributed by atoms with Gasteiger partial charge in [0, 0.05) is 32.2 Å². The lowest BCUT2D eigenvalue weighted by Gasteiger charge is -2.17. The highest BCUT2D eigenvalue weighted by atomic mass is 16.2. The number of rotatable bonds is 17. The summed E-state index contributed by atoms with van der Waals surface area (Å²) in [4.78, 5) is 46.7. The van der Waals surface area contributed by atoms with Crippen LogP contribution < -0.4 is 16.0 Å². The molecule has 1 atom stereocenters. The summed E-state index contributed by atoms with van der Waals surface area (Å²) in [5.74, 6) is -0.140. The van der Waals surface area contributed by atoms with Crippen molar-refractivity contribution in [2.45, 2.75) is 91.0 Å². The van der Waals surface area contributed by atoms with Gasteiger partial charge in [-0.05, 0) is 51.1 Å². The van der Waals surface area contributed by atoms with Gasteiger partial charge in [0.25, 0.3) is 0 Å². The van der Waals surface area contributed by atoms with Crippen molar-refractivity contribution in [2.75, 3.05) is 20.1 Å². The Hall–Kier alpha value is -1.76. The Morgan fingerprint density at radius 2 is 1.55 bits per heavy atom. The third kappa shape index (κ3) is 18.0. The fourth-order valence-electron chi connectivity index (χ4n) is 2.96. The van der Waals surface area contributed by atoms with Crippen LogP contribution in [0.1, 0.15) is 85.0 Å². The van der Waals surface area contributed by atoms with Gasteiger partial charge in [-0.3, -0.25) is 14.4 Å². The Bertz CT molecular complexity index is 501. The first kappa shape index (κ1) is 27.2. The van der Waals surface area contributed by atoms with Crippen molar-refractivity contribution >= 4 is 23.9 Å². The molecule has 0 aromatic rings. The van der Waals surface area contributed by atoms with Crippen LogP contribution in [0, 0.1) is 5.41 Å². The number of hydrogen-bond acceptors (Lipinski definition) is 5. The van der Waals surface area contributed by atoms with Crippen LogP contribution >= 0.6 is 0 Å². The van der Waals surface area contributed by atoms with Gasteiger partial charge in [-0.1, -0.05) is 27.2 Å². The molecule has 168 valence electrons. The predicted molar refractivity (Wildman–Crippen MR) is 116 cm³/mol. The van der Waals surface area contributed by atoms with Crippen LogP contribution in [0.25, 0.3) is 0 Å². The average molecular weight is 412 g/mol. The molecule has 0 saturated heterocycles. The van der Waals surface area contributed by atoms with E-state index in [1.807, 2.05) is 27.8 Å². The monoisotopic (exact) mass is 411 g/mol. The zero-order valence-corrected chi connectivity index (χ0v) is 18.8. The molecule has 7 heteroatoms. The quantitative estimate of drug-likeness (QED) is 0.252. The van der Waals surface area contributed by atoms with Crippen molar-refractivity contribution < 1.29 is 19.2 Å². The van der Waals surface area contributed by atoms with E-state index in [1.54, 1.807) is 0 Å². The zero-order chi connectivity index (χ0) is 22.1. The molecule has 0 aromatic heterocycles. The van der Waals surface area contributed by atoms with Crippen LogP contribution in [-0.4, -0.2) is 50.1 Å². The van der Waals surface area contributed by atoms with Crippen LogP contribution in [0.2, 0.25) is 0 Å². The minimum absolute atomic E-state index is 0.0630. The first-order chi connectivity index (χ1) is 13.7. The van der Waals surface area contributed by atoms with E-state index in [-0.39, 0.29) is 35.9 Å². The summed E-state index contributed by atoms with van der Waals surface area (Å²) < 4.78 is 0. The Morgan fingerprint density at radius 3 is 2.17 bits per heavy atom. The van der Waals surface area contributed by atoms with Gasteiger partial charge >= 0.3 is 0 Å². The topological polar surface area (TPSA) is 104 Å². The summed E-state index contributed by atoms with van der Waals surface area (Å²) in [7, 11) is 1.92. The fourth-order valence-corrected chi connectivity index (χ4v) is 2.96. The second-order valence-electron chi connectivity index (χ2n) is 8.85. The molecule has 29 heavy (non-hydrogen) atoms. The van der Waals surface area contributed by atoms with Gasteiger partial charge in [0.2, 0.25) is 11.8 Å². The Balaban J connectivity index is 3.83. The number of carbonyl (C=O) groups excluding carboxylic acids is 4. The lowest BCUT2D eigenvalue weighted by Crippen LogP contribution is -2.36. The summed E-state index contributed by atoms with van der Waals surface area (Å²) in [6.07, 6.45) is 7.08. The van der Waals surface area contributed by atoms with E-state index in [0.29, 0.717) is 25.8 Å². The molecule has 0 aliphatic carbocycles. The number of unbranched alkanes of at least 4 members (excludes halogenated alkanes) is 3. The number of ketones is 1. The number of aldehydes is 1. The van der Waals surface area contributed by atoms with E-state index in [1.165, 1.54) is 0 Å². The van der Waals surface area contributed by atoms with E-state index in [2.05, 4.69) is 16.0 Å². The minimum Gasteiger partial charge on any atom is -0.356 e. The van der Waals surface area contributed by atoms with Gasteiger partial charge in [0.15, 0.2) is 0 Å². The van der Waals surface area contributed by atoms with E-state index < -0.39 is 6.04 Å². The Morgan fingerprint density at radius 1 is 0.862 bits per heavy atom. The number of hydrogen-bond donors (Lipinski definition) is 3. The lowest BCUT2D eigenvalue weighted by molar-refractivity contribution is -0.127. The van der Waals surface area contributed by atoms with Gasteiger partial charge in [0.05, 0.1) is 6.04 Å². The molecule has 0 spiro atoms. The van der Waals surface area contributed by atoms with Crippen molar-refractivity contribution in [2.24, 2.45) is 5.41 Å². The number of Topliss-reactive ketones (excluding diaryl/α,β-unsaturated/α-hetero) is 1. The highest BCUT2D eigenvalue weighted by Crippen LogP contribution is 2.19. The van der Waals surface area contributed by atoms with Crippen molar-refractivity contribution in [1.29, 1.82) is 0 Å². The predicted octanol–water partition coefficient (Wildman–Crippen LogP) is 2.52. The molecule has 7 nitrogen and oxygen atoms in total. The van der Waals surface area contributed by atoms with Gasteiger partial charge in [-0.2, -0.15) is 0 Å². The van der Waals surface area contributed by atoms with Crippen molar-refractivity contribution in [1.82, 2.24) is 16.0 Å². The van der Waals surface area contributed by atoms with Crippen molar-refractivity contribution in [3.63, 3.8) is 0 Å². The molecule has 0 rings (SSSR count). The smallest absolute Gasteiger partial charge is 0.221 e. The molecule has 0 bridgehead atoms. The number of amides is 2. The molecule has 0 fully saturated rings. The molecular formula is C22H41N3O4. The second-order valence-corrected chi connectivity index (χ2v) is 8.85. The molecule has 3 N–H and O–H groups in total. The molecule has 2 amide bonds. The van der Waals surface area contributed by atoms with Gasteiger partial charge in [0.1, 0.15) is 12.1 Å². The Labute approximate surface area is 176 Å². The summed E-state index contributed by atoms with van der Waals surface area (Å²) in [6, 6.07) is -0.539. The van der Waals surface area contributed by atoms with Crippen LogP contribution in [0.3, 0.4) is 0 Å². The molecule has 0 saturated carbocycles. The highest BCUT2D eigenvalue weighted by Gasteiger charge is 2.17. The molecule has 0 heterocycles. The Kier molecular flexibility index (Phi) is 15.1. The SMILES string of the molecule is CNCCCCCC(=O)NCCCCC(C=O)NC(=O)CCC(=O)CC(C)(C)C. The van der Waals surface area contributed by atoms with E-state index >= 15 is 0 Å². The van der Waals surface area contributed by atoms with E-state index in [4.69, 9.17) is 0 Å². The third-order valence-corrected chi connectivity index (χ3v) is 4.46. The highest BCUT2D eigenvalue weighted by molar-refractivity contribution is 5.86. The van der Waals surface area contributed by atoms with Crippen LogP contribution in [-0.2, 0) is 19.2 Å². The molecule has 0 aliphatic rings. The molecule has 0 aliphatic heterocycles. The van der Waals surface area contributed by atoms with Crippen LogP contribution in [0.15, 0.2) is 0 Å². The third-order valence-electron chi connectivity index (χ3n) is 4.46. The van der Waals surface area contributed by atoms with E-state index in [0.717, 1.165) is 44.9 Å². The summed E-state index contributed by atoms with van der Waals surface area (Å²) in [5.41, 5.74) is -0.0825. The molecule has 1 unspecified atom stereocenters. The largest absolute Gasteiger partial charge is 0.356 e. The van der Waals surface area contributed by atoms with Crippen LogP contribution in [0.4, 0.5) is 0 Å². The van der Waals surface area contributed by atoms with Gasteiger partial charge < -0.3 is 20.7 Å². The lowest BCUT2D eigenvalue weighted by atomic mass is 9.89. The van der Waals surface area contributed by atoms with Gasteiger partial charge in [-0.15, -0.1) is 0 Å².